The molecule has 4 heterocycles. The molecule has 0 atom stereocenters. The van der Waals surface area contributed by atoms with Gasteiger partial charge in [0.2, 0.25) is 13.4 Å². The second kappa shape index (κ2) is 10.3. The standard InChI is InChI=1S/C38H24B2N2S2/c1-5-15-33-29(11-1)39(30-12-2-6-16-34(30)41(33)37-19-9-25-43-37)27-21-23-28(24-22-27)40-31-13-3-7-17-35(31)42(38-20-10-26-44-38)36-18-8-4-14-32(36)40/h1-9,11-25H. The summed E-state index contributed by atoms with van der Waals surface area (Å²) in [5, 5.41) is 7.69. The lowest BCUT2D eigenvalue weighted by Gasteiger charge is -2.36. The normalized spacial score (nSPS) is 13.1. The van der Waals surface area contributed by atoms with Crippen molar-refractivity contribution in [1.29, 1.82) is 0 Å². The van der Waals surface area contributed by atoms with Crippen molar-refractivity contribution in [1.82, 2.24) is 0 Å². The van der Waals surface area contributed by atoms with Crippen LogP contribution in [0.5, 0.6) is 0 Å². The van der Waals surface area contributed by atoms with Crippen molar-refractivity contribution in [2.45, 2.75) is 0 Å². The van der Waals surface area contributed by atoms with Crippen LogP contribution in [0.2, 0.25) is 0 Å². The number of anilines is 6. The molecule has 204 valence electrons. The number of rotatable bonds is 4. The van der Waals surface area contributed by atoms with E-state index in [-0.39, 0.29) is 13.4 Å². The summed E-state index contributed by atoms with van der Waals surface area (Å²) in [4.78, 5) is 4.79. The van der Waals surface area contributed by atoms with Crippen LogP contribution in [0.3, 0.4) is 0 Å². The van der Waals surface area contributed by atoms with Crippen molar-refractivity contribution in [2.24, 2.45) is 0 Å². The summed E-state index contributed by atoms with van der Waals surface area (Å²) in [5.41, 5.74) is 12.8. The molecule has 0 fully saturated rings. The molecular formula is C38H24B2N2S2. The Morgan fingerprint density at radius 3 is 1.27 bits per heavy atom. The largest absolute Gasteiger partial charge is 0.303 e. The Labute approximate surface area is 266 Å². The SMILES string of the molecule is c1cc(N2c3ccccc3B(c3ccc(B4c5ccccc5N(c5cccs5)c5ccccc54)cc3)c3ccccc32)sc#1. The van der Waals surface area contributed by atoms with Crippen LogP contribution >= 0.6 is 22.7 Å². The molecule has 0 bridgehead atoms. The van der Waals surface area contributed by atoms with Gasteiger partial charge < -0.3 is 9.80 Å². The van der Waals surface area contributed by atoms with Gasteiger partial charge >= 0.3 is 0 Å². The average molecular weight is 594 g/mol. The molecule has 0 aliphatic carbocycles. The molecule has 7 aromatic rings. The van der Waals surface area contributed by atoms with Gasteiger partial charge in [-0.3, -0.25) is 0 Å². The Hall–Kier alpha value is -4.95. The highest BCUT2D eigenvalue weighted by atomic mass is 32.1. The fourth-order valence-corrected chi connectivity index (χ4v) is 8.50. The molecule has 9 rings (SSSR count). The monoisotopic (exact) mass is 594 g/mol. The van der Waals surface area contributed by atoms with E-state index in [0.717, 1.165) is 5.00 Å². The van der Waals surface area contributed by atoms with Gasteiger partial charge in [0, 0.05) is 28.8 Å². The Kier molecular flexibility index (Phi) is 6.01. The molecular weight excluding hydrogens is 570 g/mol. The Bertz CT molecular complexity index is 1860. The van der Waals surface area contributed by atoms with Crippen LogP contribution in [-0.4, -0.2) is 13.4 Å². The molecule has 2 aliphatic rings. The van der Waals surface area contributed by atoms with Crippen LogP contribution in [0, 0.1) is 11.4 Å². The van der Waals surface area contributed by atoms with Crippen LogP contribution in [-0.2, 0) is 0 Å². The maximum Gasteiger partial charge on any atom is 0.246 e. The molecule has 44 heavy (non-hydrogen) atoms. The topological polar surface area (TPSA) is 6.48 Å². The predicted molar refractivity (Wildman–Crippen MR) is 191 cm³/mol. The van der Waals surface area contributed by atoms with E-state index in [9.17, 15) is 0 Å². The highest BCUT2D eigenvalue weighted by Gasteiger charge is 2.37. The number of thiophene rings is 1. The van der Waals surface area contributed by atoms with Crippen molar-refractivity contribution >= 4 is 102 Å². The zero-order chi connectivity index (χ0) is 29.0. The third-order valence-corrected chi connectivity index (χ3v) is 10.5. The molecule has 0 N–H and O–H groups in total. The summed E-state index contributed by atoms with van der Waals surface area (Å²) in [5.74, 6) is 0. The lowest BCUT2D eigenvalue weighted by atomic mass is 9.33. The van der Waals surface area contributed by atoms with Gasteiger partial charge in [-0.05, 0) is 69.0 Å². The second-order valence-corrected chi connectivity index (χ2v) is 13.0. The minimum atomic E-state index is 0.140. The summed E-state index contributed by atoms with van der Waals surface area (Å²) in [6.07, 6.45) is 0. The molecule has 0 saturated heterocycles. The van der Waals surface area contributed by atoms with Crippen molar-refractivity contribution < 1.29 is 0 Å². The molecule has 5 aromatic carbocycles. The molecule has 6 heteroatoms. The lowest BCUT2D eigenvalue weighted by molar-refractivity contribution is 1.33. The highest BCUT2D eigenvalue weighted by molar-refractivity contribution is 7.14. The first-order chi connectivity index (χ1) is 21.9. The minimum absolute atomic E-state index is 0.140. The highest BCUT2D eigenvalue weighted by Crippen LogP contribution is 2.39. The van der Waals surface area contributed by atoms with Crippen LogP contribution in [0.4, 0.5) is 32.8 Å². The zero-order valence-electron chi connectivity index (χ0n) is 23.7. The Morgan fingerprint density at radius 2 is 0.886 bits per heavy atom. The third-order valence-electron chi connectivity index (χ3n) is 8.91. The van der Waals surface area contributed by atoms with Gasteiger partial charge in [-0.1, -0.05) is 125 Å². The van der Waals surface area contributed by atoms with Gasteiger partial charge in [-0.25, -0.2) is 0 Å². The van der Waals surface area contributed by atoms with Gasteiger partial charge in [0.15, 0.2) is 0 Å². The summed E-state index contributed by atoms with van der Waals surface area (Å²) < 4.78 is 0. The quantitative estimate of drug-likeness (QED) is 0.231. The van der Waals surface area contributed by atoms with E-state index in [1.807, 2.05) is 6.07 Å². The first-order valence-corrected chi connectivity index (χ1v) is 16.5. The van der Waals surface area contributed by atoms with E-state index in [0.29, 0.717) is 0 Å². The smallest absolute Gasteiger partial charge is 0.246 e. The van der Waals surface area contributed by atoms with E-state index >= 15 is 0 Å². The molecule has 2 aliphatic heterocycles. The fraction of sp³-hybridized carbons (Fsp3) is 0. The fourth-order valence-electron chi connectivity index (χ4n) is 7.12. The maximum absolute atomic E-state index is 3.17. The summed E-state index contributed by atoms with van der Waals surface area (Å²) in [6, 6.07) is 54.3. The third kappa shape index (κ3) is 3.90. The van der Waals surface area contributed by atoms with Crippen LogP contribution in [0.25, 0.3) is 0 Å². The minimum Gasteiger partial charge on any atom is -0.303 e. The van der Waals surface area contributed by atoms with Crippen LogP contribution < -0.4 is 42.6 Å². The summed E-state index contributed by atoms with van der Waals surface area (Å²) >= 11 is 3.38. The van der Waals surface area contributed by atoms with Gasteiger partial charge in [0.25, 0.3) is 0 Å². The van der Waals surface area contributed by atoms with Crippen LogP contribution in [0.15, 0.2) is 145 Å². The first-order valence-electron chi connectivity index (χ1n) is 14.8. The number of para-hydroxylation sites is 4. The van der Waals surface area contributed by atoms with E-state index in [1.165, 1.54) is 60.5 Å². The molecule has 2 aromatic heterocycles. The van der Waals surface area contributed by atoms with Crippen LogP contribution in [0.1, 0.15) is 0 Å². The van der Waals surface area contributed by atoms with Gasteiger partial charge in [0.05, 0.1) is 5.00 Å². The van der Waals surface area contributed by atoms with Crippen molar-refractivity contribution in [3.8, 4) is 0 Å². The Morgan fingerprint density at radius 1 is 0.455 bits per heavy atom. The molecule has 0 radical (unpaired) electrons. The number of benzene rings is 5. The number of hydrogen-bond acceptors (Lipinski definition) is 4. The van der Waals surface area contributed by atoms with Crippen molar-refractivity contribution in [3.05, 3.63) is 156 Å². The number of hydrogen-bond donors (Lipinski definition) is 0. The van der Waals surface area contributed by atoms with E-state index in [4.69, 9.17) is 0 Å². The summed E-state index contributed by atoms with van der Waals surface area (Å²) in [6.45, 7) is 0.293. The molecule has 0 unspecified atom stereocenters. The number of nitrogens with zero attached hydrogens (tertiary/aromatic N) is 2. The molecule has 0 amide bonds. The number of fused-ring (bicyclic) bond motifs is 4. The van der Waals surface area contributed by atoms with E-state index < -0.39 is 0 Å². The van der Waals surface area contributed by atoms with Crippen molar-refractivity contribution in [3.63, 3.8) is 0 Å². The van der Waals surface area contributed by atoms with Crippen molar-refractivity contribution in [2.75, 3.05) is 9.80 Å². The average Bonchev–Trinajstić information content (AvgIpc) is 3.82. The maximum atomic E-state index is 3.17. The van der Waals surface area contributed by atoms with E-state index in [1.54, 1.807) is 22.7 Å². The van der Waals surface area contributed by atoms with E-state index in [2.05, 4.69) is 160 Å². The molecule has 0 saturated carbocycles. The predicted octanol–water partition coefficient (Wildman–Crippen LogP) is 6.01. The van der Waals surface area contributed by atoms with Gasteiger partial charge in [-0.2, -0.15) is 0 Å². The Balaban J connectivity index is 1.17. The van der Waals surface area contributed by atoms with Gasteiger partial charge in [0.1, 0.15) is 5.00 Å². The lowest BCUT2D eigenvalue weighted by Crippen LogP contribution is -2.59. The molecule has 0 spiro atoms. The molecule has 2 nitrogen and oxygen atoms in total. The first kappa shape index (κ1) is 25.5. The zero-order valence-corrected chi connectivity index (χ0v) is 25.4. The van der Waals surface area contributed by atoms with Gasteiger partial charge in [-0.15, -0.1) is 11.3 Å². The second-order valence-electron chi connectivity index (χ2n) is 11.2. The summed E-state index contributed by atoms with van der Waals surface area (Å²) in [7, 11) is 0.